The molecule has 2 heterocycles. The zero-order valence-corrected chi connectivity index (χ0v) is 14.2. The third kappa shape index (κ3) is 3.11. The molecule has 11 heteroatoms. The van der Waals surface area contributed by atoms with Crippen molar-refractivity contribution in [3.8, 4) is 5.69 Å². The fourth-order valence-electron chi connectivity index (χ4n) is 2.54. The molecule has 0 aliphatic carbocycles. The first-order chi connectivity index (χ1) is 13.0. The van der Waals surface area contributed by atoms with Crippen molar-refractivity contribution in [3.05, 3.63) is 70.5 Å². The Morgan fingerprint density at radius 1 is 1.26 bits per heavy atom. The second-order valence-corrected chi connectivity index (χ2v) is 6.00. The van der Waals surface area contributed by atoms with Crippen LogP contribution in [0.4, 0.5) is 15.8 Å². The molecule has 0 atom stereocenters. The summed E-state index contributed by atoms with van der Waals surface area (Å²) >= 11 is 0.818. The van der Waals surface area contributed by atoms with Gasteiger partial charge in [0.2, 0.25) is 0 Å². The fourth-order valence-corrected chi connectivity index (χ4v) is 3.08. The normalized spacial score (nSPS) is 10.9. The predicted octanol–water partition coefficient (Wildman–Crippen LogP) is 3.18. The third-order valence-corrected chi connectivity index (χ3v) is 4.33. The number of rotatable bonds is 4. The van der Waals surface area contributed by atoms with E-state index in [-0.39, 0.29) is 33.7 Å². The minimum Gasteiger partial charge on any atom is -0.322 e. The number of benzene rings is 2. The molecule has 0 aliphatic heterocycles. The van der Waals surface area contributed by atoms with Crippen LogP contribution in [0.3, 0.4) is 0 Å². The number of non-ortho nitro benzene ring substituents is 1. The van der Waals surface area contributed by atoms with Gasteiger partial charge in [-0.05, 0) is 24.3 Å². The van der Waals surface area contributed by atoms with Crippen LogP contribution in [-0.2, 0) is 0 Å². The van der Waals surface area contributed by atoms with Crippen molar-refractivity contribution in [2.45, 2.75) is 0 Å². The summed E-state index contributed by atoms with van der Waals surface area (Å²) in [6.45, 7) is 0. The van der Waals surface area contributed by atoms with Crippen LogP contribution in [0, 0.1) is 15.9 Å². The Balaban J connectivity index is 1.64. The second kappa shape index (κ2) is 6.53. The van der Waals surface area contributed by atoms with Crippen molar-refractivity contribution >= 4 is 40.0 Å². The molecule has 4 aromatic rings. The smallest absolute Gasteiger partial charge is 0.299 e. The SMILES string of the molecule is O=C(Nc1ccc(-n2ccnc2)c(F)c1)c1cc([N+](=O)[O-])c2nsnc2c1. The van der Waals surface area contributed by atoms with Crippen LogP contribution in [0.2, 0.25) is 0 Å². The summed E-state index contributed by atoms with van der Waals surface area (Å²) in [5.41, 5.74) is 0.573. The lowest BCUT2D eigenvalue weighted by Crippen LogP contribution is -2.13. The van der Waals surface area contributed by atoms with E-state index < -0.39 is 16.6 Å². The molecular weight excluding hydrogens is 375 g/mol. The van der Waals surface area contributed by atoms with Crippen molar-refractivity contribution in [3.63, 3.8) is 0 Å². The number of nitrogens with zero attached hydrogens (tertiary/aromatic N) is 5. The maximum atomic E-state index is 14.3. The van der Waals surface area contributed by atoms with Crippen LogP contribution in [0.5, 0.6) is 0 Å². The Morgan fingerprint density at radius 2 is 2.11 bits per heavy atom. The Kier molecular flexibility index (Phi) is 4.05. The average molecular weight is 384 g/mol. The van der Waals surface area contributed by atoms with Gasteiger partial charge in [0.1, 0.15) is 11.3 Å². The van der Waals surface area contributed by atoms with E-state index in [4.69, 9.17) is 0 Å². The first-order valence-corrected chi connectivity index (χ1v) is 8.26. The highest BCUT2D eigenvalue weighted by molar-refractivity contribution is 7.00. The fraction of sp³-hybridized carbons (Fsp3) is 0. The van der Waals surface area contributed by atoms with Crippen molar-refractivity contribution < 1.29 is 14.1 Å². The lowest BCUT2D eigenvalue weighted by molar-refractivity contribution is -0.383. The number of anilines is 1. The first kappa shape index (κ1) is 16.7. The van der Waals surface area contributed by atoms with Crippen LogP contribution in [0.1, 0.15) is 10.4 Å². The summed E-state index contributed by atoms with van der Waals surface area (Å²) < 4.78 is 23.6. The van der Waals surface area contributed by atoms with Crippen molar-refractivity contribution in [1.29, 1.82) is 0 Å². The summed E-state index contributed by atoms with van der Waals surface area (Å²) in [6.07, 6.45) is 4.56. The molecule has 27 heavy (non-hydrogen) atoms. The van der Waals surface area contributed by atoms with E-state index in [1.165, 1.54) is 35.3 Å². The number of imidazole rings is 1. The van der Waals surface area contributed by atoms with E-state index in [9.17, 15) is 19.3 Å². The molecule has 1 amide bonds. The van der Waals surface area contributed by atoms with Gasteiger partial charge < -0.3 is 9.88 Å². The molecule has 0 unspecified atom stereocenters. The molecule has 2 aromatic carbocycles. The number of fused-ring (bicyclic) bond motifs is 1. The summed E-state index contributed by atoms with van der Waals surface area (Å²) in [7, 11) is 0. The molecule has 0 saturated heterocycles. The molecule has 0 aliphatic rings. The minimum absolute atomic E-state index is 0.0287. The standard InChI is InChI=1S/C16H9FN6O3S/c17-11-7-10(1-2-13(11)22-4-3-18-8-22)19-16(24)9-5-12-15(21-27-20-12)14(6-9)23(25)26/h1-8H,(H,19,24). The Hall–Kier alpha value is -3.73. The number of carbonyl (C=O) groups excluding carboxylic acids is 1. The monoisotopic (exact) mass is 384 g/mol. The maximum absolute atomic E-state index is 14.3. The number of nitrogens with one attached hydrogen (secondary N) is 1. The molecule has 2 aromatic heterocycles. The molecule has 0 spiro atoms. The number of nitro groups is 1. The van der Waals surface area contributed by atoms with Crippen LogP contribution >= 0.6 is 11.7 Å². The van der Waals surface area contributed by atoms with Gasteiger partial charge in [-0.25, -0.2) is 9.37 Å². The number of amides is 1. The largest absolute Gasteiger partial charge is 0.322 e. The number of halogens is 1. The highest BCUT2D eigenvalue weighted by Gasteiger charge is 2.20. The van der Waals surface area contributed by atoms with Gasteiger partial charge in [0.25, 0.3) is 11.6 Å². The number of nitro benzene ring substituents is 1. The molecule has 9 nitrogen and oxygen atoms in total. The highest BCUT2D eigenvalue weighted by atomic mass is 32.1. The zero-order valence-electron chi connectivity index (χ0n) is 13.4. The van der Waals surface area contributed by atoms with E-state index in [0.29, 0.717) is 0 Å². The molecular formula is C16H9FN6O3S. The lowest BCUT2D eigenvalue weighted by Gasteiger charge is -2.08. The topological polar surface area (TPSA) is 116 Å². The second-order valence-electron chi connectivity index (χ2n) is 5.47. The molecule has 4 rings (SSSR count). The maximum Gasteiger partial charge on any atom is 0.299 e. The summed E-state index contributed by atoms with van der Waals surface area (Å²) in [5.74, 6) is -1.18. The van der Waals surface area contributed by atoms with Gasteiger partial charge >= 0.3 is 0 Å². The van der Waals surface area contributed by atoms with Gasteiger partial charge in [-0.2, -0.15) is 8.75 Å². The van der Waals surface area contributed by atoms with Gasteiger partial charge in [-0.1, -0.05) is 0 Å². The molecule has 0 radical (unpaired) electrons. The minimum atomic E-state index is -0.625. The Labute approximate surface area is 154 Å². The Morgan fingerprint density at radius 3 is 2.81 bits per heavy atom. The van der Waals surface area contributed by atoms with Gasteiger partial charge in [-0.3, -0.25) is 14.9 Å². The van der Waals surface area contributed by atoms with Crippen LogP contribution in [0.25, 0.3) is 16.7 Å². The van der Waals surface area contributed by atoms with E-state index >= 15 is 0 Å². The third-order valence-electron chi connectivity index (χ3n) is 3.79. The van der Waals surface area contributed by atoms with Crippen LogP contribution in [0.15, 0.2) is 49.1 Å². The molecule has 0 bridgehead atoms. The Bertz CT molecular complexity index is 1170. The summed E-state index contributed by atoms with van der Waals surface area (Å²) in [5, 5.41) is 13.7. The summed E-state index contributed by atoms with van der Waals surface area (Å²) in [6, 6.07) is 6.69. The number of hydrogen-bond donors (Lipinski definition) is 1. The summed E-state index contributed by atoms with van der Waals surface area (Å²) in [4.78, 5) is 26.9. The number of aromatic nitrogens is 4. The molecule has 0 saturated carbocycles. The lowest BCUT2D eigenvalue weighted by atomic mass is 10.1. The molecule has 1 N–H and O–H groups in total. The van der Waals surface area contributed by atoms with Gasteiger partial charge in [-0.15, -0.1) is 0 Å². The predicted molar refractivity (Wildman–Crippen MR) is 95.5 cm³/mol. The van der Waals surface area contributed by atoms with Crippen molar-refractivity contribution in [1.82, 2.24) is 18.3 Å². The molecule has 134 valence electrons. The van der Waals surface area contributed by atoms with Crippen molar-refractivity contribution in [2.75, 3.05) is 5.32 Å². The quantitative estimate of drug-likeness (QED) is 0.427. The van der Waals surface area contributed by atoms with E-state index in [0.717, 1.165) is 23.9 Å². The first-order valence-electron chi connectivity index (χ1n) is 7.53. The van der Waals surface area contributed by atoms with Gasteiger partial charge in [0, 0.05) is 29.7 Å². The van der Waals surface area contributed by atoms with Gasteiger partial charge in [0.05, 0.1) is 28.7 Å². The number of carbonyl (C=O) groups is 1. The molecule has 0 fully saturated rings. The number of hydrogen-bond acceptors (Lipinski definition) is 7. The van der Waals surface area contributed by atoms with Crippen LogP contribution in [-0.4, -0.2) is 29.1 Å². The van der Waals surface area contributed by atoms with E-state index in [1.54, 1.807) is 6.20 Å². The van der Waals surface area contributed by atoms with E-state index in [2.05, 4.69) is 19.0 Å². The highest BCUT2D eigenvalue weighted by Crippen LogP contribution is 2.26. The van der Waals surface area contributed by atoms with Crippen LogP contribution < -0.4 is 5.32 Å². The van der Waals surface area contributed by atoms with E-state index in [1.807, 2.05) is 0 Å². The van der Waals surface area contributed by atoms with Crippen molar-refractivity contribution in [2.24, 2.45) is 0 Å². The van der Waals surface area contributed by atoms with Gasteiger partial charge in [0.15, 0.2) is 5.52 Å². The zero-order chi connectivity index (χ0) is 19.0. The average Bonchev–Trinajstić information content (AvgIpc) is 3.32.